The Balaban J connectivity index is 1.96. The van der Waals surface area contributed by atoms with E-state index in [1.54, 1.807) is 24.2 Å². The molecule has 1 fully saturated rings. The van der Waals surface area contributed by atoms with Gasteiger partial charge in [-0.15, -0.1) is 0 Å². The minimum atomic E-state index is 0.204. The van der Waals surface area contributed by atoms with E-state index in [4.69, 9.17) is 4.74 Å². The van der Waals surface area contributed by atoms with Gasteiger partial charge in [0.05, 0.1) is 6.10 Å². The van der Waals surface area contributed by atoms with Gasteiger partial charge in [0.2, 0.25) is 5.91 Å². The molecule has 0 radical (unpaired) electrons. The number of carbonyl (C=O) groups excluding carboxylic acids is 1. The third-order valence-corrected chi connectivity index (χ3v) is 4.06. The van der Waals surface area contributed by atoms with Crippen molar-refractivity contribution in [3.05, 3.63) is 30.1 Å². The van der Waals surface area contributed by atoms with Crippen molar-refractivity contribution in [1.82, 2.24) is 9.88 Å². The SMILES string of the molecule is CSCCC(=O)N(Cc1ccncc1)C[C@@H]1CCCO1. The average molecular weight is 294 g/mol. The smallest absolute Gasteiger partial charge is 0.223 e. The standard InChI is InChI=1S/C15H22N2O2S/c1-20-10-6-15(18)17(12-14-3-2-9-19-14)11-13-4-7-16-8-5-13/h4-5,7-8,14H,2-3,6,9-12H2,1H3/t14-/m0/s1. The first-order valence-electron chi connectivity index (χ1n) is 7.07. The number of carbonyl (C=O) groups is 1. The molecule has 0 N–H and O–H groups in total. The molecule has 2 rings (SSSR count). The van der Waals surface area contributed by atoms with Crippen LogP contribution in [-0.2, 0) is 16.1 Å². The van der Waals surface area contributed by atoms with Crippen LogP contribution in [0.3, 0.4) is 0 Å². The highest BCUT2D eigenvalue weighted by atomic mass is 32.2. The minimum absolute atomic E-state index is 0.204. The molecule has 4 nitrogen and oxygen atoms in total. The summed E-state index contributed by atoms with van der Waals surface area (Å²) in [5, 5.41) is 0. The summed E-state index contributed by atoms with van der Waals surface area (Å²) in [5.41, 5.74) is 1.12. The second kappa shape index (κ2) is 8.27. The summed E-state index contributed by atoms with van der Waals surface area (Å²) < 4.78 is 5.66. The second-order valence-corrected chi connectivity index (χ2v) is 5.99. The summed E-state index contributed by atoms with van der Waals surface area (Å²) in [5.74, 6) is 1.09. The van der Waals surface area contributed by atoms with Crippen molar-refractivity contribution in [1.29, 1.82) is 0 Å². The Labute approximate surface area is 124 Å². The first-order valence-corrected chi connectivity index (χ1v) is 8.46. The lowest BCUT2D eigenvalue weighted by atomic mass is 10.2. The molecular formula is C15H22N2O2S. The fraction of sp³-hybridized carbons (Fsp3) is 0.600. The molecule has 1 atom stereocenters. The van der Waals surface area contributed by atoms with Gasteiger partial charge >= 0.3 is 0 Å². The molecule has 1 aromatic rings. The van der Waals surface area contributed by atoms with E-state index in [0.717, 1.165) is 30.8 Å². The predicted molar refractivity (Wildman–Crippen MR) is 81.6 cm³/mol. The van der Waals surface area contributed by atoms with Crippen LogP contribution in [0.4, 0.5) is 0 Å². The normalized spacial score (nSPS) is 18.1. The fourth-order valence-corrected chi connectivity index (χ4v) is 2.72. The van der Waals surface area contributed by atoms with E-state index in [1.165, 1.54) is 0 Å². The van der Waals surface area contributed by atoms with E-state index in [9.17, 15) is 4.79 Å². The van der Waals surface area contributed by atoms with E-state index >= 15 is 0 Å². The third kappa shape index (κ3) is 4.80. The van der Waals surface area contributed by atoms with E-state index in [0.29, 0.717) is 19.5 Å². The van der Waals surface area contributed by atoms with Crippen molar-refractivity contribution < 1.29 is 9.53 Å². The molecule has 1 aliphatic heterocycles. The number of nitrogens with zero attached hydrogens (tertiary/aromatic N) is 2. The van der Waals surface area contributed by atoms with Gasteiger partial charge in [0, 0.05) is 44.3 Å². The van der Waals surface area contributed by atoms with Crippen LogP contribution in [0.15, 0.2) is 24.5 Å². The van der Waals surface area contributed by atoms with Crippen molar-refractivity contribution in [3.8, 4) is 0 Å². The maximum atomic E-state index is 12.3. The van der Waals surface area contributed by atoms with Gasteiger partial charge < -0.3 is 9.64 Å². The third-order valence-electron chi connectivity index (χ3n) is 3.44. The van der Waals surface area contributed by atoms with Crippen molar-refractivity contribution in [2.75, 3.05) is 25.2 Å². The van der Waals surface area contributed by atoms with Crippen LogP contribution < -0.4 is 0 Å². The van der Waals surface area contributed by atoms with Crippen LogP contribution in [0, 0.1) is 0 Å². The molecule has 1 aliphatic rings. The van der Waals surface area contributed by atoms with Crippen LogP contribution in [0.25, 0.3) is 0 Å². The summed E-state index contributed by atoms with van der Waals surface area (Å²) in [6, 6.07) is 3.93. The summed E-state index contributed by atoms with van der Waals surface area (Å²) in [7, 11) is 0. The van der Waals surface area contributed by atoms with Crippen molar-refractivity contribution in [3.63, 3.8) is 0 Å². The van der Waals surface area contributed by atoms with E-state index < -0.39 is 0 Å². The Morgan fingerprint density at radius 2 is 2.30 bits per heavy atom. The lowest BCUT2D eigenvalue weighted by molar-refractivity contribution is -0.133. The zero-order chi connectivity index (χ0) is 14.2. The van der Waals surface area contributed by atoms with E-state index in [2.05, 4.69) is 4.98 Å². The zero-order valence-corrected chi connectivity index (χ0v) is 12.8. The van der Waals surface area contributed by atoms with Crippen LogP contribution in [0.5, 0.6) is 0 Å². The summed E-state index contributed by atoms with van der Waals surface area (Å²) in [6.07, 6.45) is 8.53. The molecule has 0 bridgehead atoms. The maximum absolute atomic E-state index is 12.3. The summed E-state index contributed by atoms with van der Waals surface area (Å²) in [6.45, 7) is 2.18. The Morgan fingerprint density at radius 3 is 2.95 bits per heavy atom. The highest BCUT2D eigenvalue weighted by Crippen LogP contribution is 2.16. The highest BCUT2D eigenvalue weighted by molar-refractivity contribution is 7.98. The minimum Gasteiger partial charge on any atom is -0.376 e. The van der Waals surface area contributed by atoms with E-state index in [1.807, 2.05) is 23.3 Å². The molecule has 2 heterocycles. The van der Waals surface area contributed by atoms with Crippen LogP contribution in [-0.4, -0.2) is 47.1 Å². The van der Waals surface area contributed by atoms with Crippen LogP contribution in [0.2, 0.25) is 0 Å². The monoisotopic (exact) mass is 294 g/mol. The van der Waals surface area contributed by atoms with Gasteiger partial charge in [-0.1, -0.05) is 0 Å². The number of rotatable bonds is 7. The van der Waals surface area contributed by atoms with Crippen molar-refractivity contribution in [2.45, 2.75) is 31.9 Å². The summed E-state index contributed by atoms with van der Waals surface area (Å²) in [4.78, 5) is 18.3. The van der Waals surface area contributed by atoms with Crippen LogP contribution >= 0.6 is 11.8 Å². The Morgan fingerprint density at radius 1 is 1.50 bits per heavy atom. The molecule has 0 spiro atoms. The number of pyridine rings is 1. The van der Waals surface area contributed by atoms with Gasteiger partial charge in [-0.25, -0.2) is 0 Å². The van der Waals surface area contributed by atoms with Crippen LogP contribution in [0.1, 0.15) is 24.8 Å². The lowest BCUT2D eigenvalue weighted by Crippen LogP contribution is -2.37. The summed E-state index contributed by atoms with van der Waals surface area (Å²) >= 11 is 1.71. The quantitative estimate of drug-likeness (QED) is 0.774. The number of hydrogen-bond donors (Lipinski definition) is 0. The Kier molecular flexibility index (Phi) is 6.33. The Bertz CT molecular complexity index is 408. The molecule has 0 aromatic carbocycles. The highest BCUT2D eigenvalue weighted by Gasteiger charge is 2.22. The van der Waals surface area contributed by atoms with Gasteiger partial charge in [-0.3, -0.25) is 9.78 Å². The molecule has 0 aliphatic carbocycles. The number of aromatic nitrogens is 1. The largest absolute Gasteiger partial charge is 0.376 e. The maximum Gasteiger partial charge on any atom is 0.223 e. The molecule has 0 unspecified atom stereocenters. The first-order chi connectivity index (χ1) is 9.79. The van der Waals surface area contributed by atoms with Gasteiger partial charge in [-0.05, 0) is 36.8 Å². The van der Waals surface area contributed by atoms with E-state index in [-0.39, 0.29) is 12.0 Å². The number of hydrogen-bond acceptors (Lipinski definition) is 4. The zero-order valence-electron chi connectivity index (χ0n) is 12.0. The Hall–Kier alpha value is -1.07. The van der Waals surface area contributed by atoms with Gasteiger partial charge in [0.15, 0.2) is 0 Å². The molecule has 1 amide bonds. The molecule has 1 saturated heterocycles. The molecule has 5 heteroatoms. The number of thioether (sulfide) groups is 1. The van der Waals surface area contributed by atoms with Gasteiger partial charge in [0.1, 0.15) is 0 Å². The number of ether oxygens (including phenoxy) is 1. The average Bonchev–Trinajstić information content (AvgIpc) is 2.98. The van der Waals surface area contributed by atoms with Gasteiger partial charge in [-0.2, -0.15) is 11.8 Å². The van der Waals surface area contributed by atoms with Crippen molar-refractivity contribution in [2.24, 2.45) is 0 Å². The predicted octanol–water partition coefficient (Wildman–Crippen LogP) is 2.34. The fourth-order valence-electron chi connectivity index (χ4n) is 2.34. The number of amides is 1. The lowest BCUT2D eigenvalue weighted by Gasteiger charge is -2.25. The molecule has 1 aromatic heterocycles. The second-order valence-electron chi connectivity index (χ2n) is 5.01. The van der Waals surface area contributed by atoms with Gasteiger partial charge in [0.25, 0.3) is 0 Å². The topological polar surface area (TPSA) is 42.4 Å². The first kappa shape index (κ1) is 15.3. The molecule has 20 heavy (non-hydrogen) atoms. The molecule has 0 saturated carbocycles. The van der Waals surface area contributed by atoms with Crippen molar-refractivity contribution >= 4 is 17.7 Å². The molecular weight excluding hydrogens is 272 g/mol. The molecule has 110 valence electrons.